The monoisotopic (exact) mass is 440 g/mol. The van der Waals surface area contributed by atoms with Crippen LogP contribution in [0.3, 0.4) is 0 Å². The van der Waals surface area contributed by atoms with Crippen molar-refractivity contribution in [2.45, 2.75) is 6.42 Å². The topological polar surface area (TPSA) is 79.5 Å². The van der Waals surface area contributed by atoms with Gasteiger partial charge in [-0.05, 0) is 48.5 Å². The Morgan fingerprint density at radius 1 is 1.00 bits per heavy atom. The molecular weight excluding hydrogens is 419 g/mol. The molecule has 160 valence electrons. The summed E-state index contributed by atoms with van der Waals surface area (Å²) in [4.78, 5) is 6.04. The van der Waals surface area contributed by atoms with Crippen LogP contribution in [0.15, 0.2) is 59.4 Å². The first-order valence-corrected chi connectivity index (χ1v) is 11.5. The molecule has 0 aliphatic carbocycles. The normalized spacial score (nSPS) is 14.8. The van der Waals surface area contributed by atoms with E-state index in [9.17, 15) is 12.8 Å². The Balaban J connectivity index is 1.28. The van der Waals surface area contributed by atoms with Crippen LogP contribution >= 0.6 is 0 Å². The smallest absolute Gasteiger partial charge is 0.215 e. The number of anilines is 1. The van der Waals surface area contributed by atoms with Crippen LogP contribution in [0.25, 0.3) is 11.4 Å². The average molecular weight is 441 g/mol. The van der Waals surface area contributed by atoms with Gasteiger partial charge in [0.1, 0.15) is 5.82 Å². The van der Waals surface area contributed by atoms with Crippen molar-refractivity contribution in [2.75, 3.05) is 36.8 Å². The fourth-order valence-corrected chi connectivity index (χ4v) is 4.69. The summed E-state index contributed by atoms with van der Waals surface area (Å²) in [7, 11) is -3.37. The van der Waals surface area contributed by atoms with Crippen molar-refractivity contribution in [3.05, 3.63) is 66.3 Å². The Bertz CT molecular complexity index is 1160. The van der Waals surface area contributed by atoms with Gasteiger partial charge in [-0.15, -0.1) is 0 Å². The lowest BCUT2D eigenvalue weighted by molar-refractivity contribution is 0.385. The van der Waals surface area contributed by atoms with Crippen LogP contribution < -0.4 is 4.90 Å². The van der Waals surface area contributed by atoms with Crippen molar-refractivity contribution in [3.8, 4) is 23.2 Å². The zero-order chi connectivity index (χ0) is 21.7. The Kier molecular flexibility index (Phi) is 6.30. The molecule has 9 heteroatoms. The molecule has 1 aromatic heterocycles. The lowest BCUT2D eigenvalue weighted by Gasteiger charge is -2.35. The van der Waals surface area contributed by atoms with Crippen LogP contribution in [0, 0.1) is 17.7 Å². The zero-order valence-corrected chi connectivity index (χ0v) is 17.6. The quantitative estimate of drug-likeness (QED) is 0.568. The number of rotatable bonds is 5. The highest BCUT2D eigenvalue weighted by Gasteiger charge is 2.26. The maximum Gasteiger partial charge on any atom is 0.215 e. The Morgan fingerprint density at radius 3 is 2.35 bits per heavy atom. The number of nitrogens with zero attached hydrogens (tertiary/aromatic N) is 4. The van der Waals surface area contributed by atoms with Gasteiger partial charge in [-0.3, -0.25) is 0 Å². The molecule has 4 rings (SSSR count). The number of hydrogen-bond acceptors (Lipinski definition) is 6. The molecule has 0 atom stereocenters. The molecule has 2 aromatic carbocycles. The second-order valence-electron chi connectivity index (χ2n) is 7.06. The maximum absolute atomic E-state index is 13.1. The number of benzene rings is 2. The Labute approximate surface area is 180 Å². The molecule has 0 saturated carbocycles. The molecule has 0 N–H and O–H groups in total. The van der Waals surface area contributed by atoms with E-state index < -0.39 is 10.0 Å². The lowest BCUT2D eigenvalue weighted by atomic mass is 10.1. The molecule has 3 aromatic rings. The van der Waals surface area contributed by atoms with E-state index in [0.717, 1.165) is 16.8 Å². The third-order valence-electron chi connectivity index (χ3n) is 5.05. The van der Waals surface area contributed by atoms with Gasteiger partial charge in [-0.25, -0.2) is 12.8 Å². The van der Waals surface area contributed by atoms with Gasteiger partial charge in [0, 0.05) is 49.4 Å². The van der Waals surface area contributed by atoms with E-state index >= 15 is 0 Å². The van der Waals surface area contributed by atoms with E-state index in [1.54, 1.807) is 12.1 Å². The van der Waals surface area contributed by atoms with Gasteiger partial charge in [-0.2, -0.15) is 9.29 Å². The second kappa shape index (κ2) is 9.29. The highest BCUT2D eigenvalue weighted by molar-refractivity contribution is 7.89. The van der Waals surface area contributed by atoms with Gasteiger partial charge in [0.25, 0.3) is 0 Å². The molecule has 1 fully saturated rings. The summed E-state index contributed by atoms with van der Waals surface area (Å²) in [5.41, 5.74) is 2.51. The van der Waals surface area contributed by atoms with Crippen molar-refractivity contribution in [1.82, 2.24) is 14.4 Å². The largest absolute Gasteiger partial charge is 0.369 e. The standard InChI is InChI=1S/C22H21FN4O3S/c23-20-8-10-21(11-9-20)26-12-14-27(15-13-26)31(28,29)16-2-1-3-18-4-6-19(7-5-18)22-24-17-30-25-22/h4-11,17H,2,12-16H2. The number of hydrogen-bond donors (Lipinski definition) is 0. The summed E-state index contributed by atoms with van der Waals surface area (Å²) < 4.78 is 44.6. The molecular formula is C22H21FN4O3S. The molecule has 1 aliphatic heterocycles. The van der Waals surface area contributed by atoms with Crippen LogP contribution in [0.2, 0.25) is 0 Å². The SMILES string of the molecule is O=S(=O)(CCC#Cc1ccc(-c2ncon2)cc1)N1CCN(c2ccc(F)cc2)CC1. The summed E-state index contributed by atoms with van der Waals surface area (Å²) in [6.07, 6.45) is 1.53. The third kappa shape index (κ3) is 5.29. The van der Waals surface area contributed by atoms with E-state index in [4.69, 9.17) is 4.52 Å². The summed E-state index contributed by atoms with van der Waals surface area (Å²) >= 11 is 0. The fourth-order valence-electron chi connectivity index (χ4n) is 3.35. The highest BCUT2D eigenvalue weighted by atomic mass is 32.2. The van der Waals surface area contributed by atoms with Crippen LogP contribution in [0.1, 0.15) is 12.0 Å². The predicted octanol–water partition coefficient (Wildman–Crippen LogP) is 2.77. The van der Waals surface area contributed by atoms with Gasteiger partial charge in [0.05, 0.1) is 5.75 Å². The van der Waals surface area contributed by atoms with Crippen LogP contribution in [-0.2, 0) is 10.0 Å². The zero-order valence-electron chi connectivity index (χ0n) is 16.7. The Morgan fingerprint density at radius 2 is 1.71 bits per heavy atom. The first-order valence-electron chi connectivity index (χ1n) is 9.85. The molecule has 7 nitrogen and oxygen atoms in total. The van der Waals surface area contributed by atoms with Crippen molar-refractivity contribution < 1.29 is 17.3 Å². The van der Waals surface area contributed by atoms with E-state index in [0.29, 0.717) is 32.0 Å². The second-order valence-corrected chi connectivity index (χ2v) is 9.15. The predicted molar refractivity (Wildman–Crippen MR) is 115 cm³/mol. The van der Waals surface area contributed by atoms with Crippen LogP contribution in [0.4, 0.5) is 10.1 Å². The van der Waals surface area contributed by atoms with Gasteiger partial charge in [0.15, 0.2) is 0 Å². The minimum absolute atomic E-state index is 0.0164. The molecule has 2 heterocycles. The van der Waals surface area contributed by atoms with E-state index in [1.165, 1.54) is 22.8 Å². The Hall–Kier alpha value is -3.22. The summed E-state index contributed by atoms with van der Waals surface area (Å²) in [5, 5.41) is 3.78. The molecule has 0 unspecified atom stereocenters. The van der Waals surface area contributed by atoms with Crippen molar-refractivity contribution in [3.63, 3.8) is 0 Å². The lowest BCUT2D eigenvalue weighted by Crippen LogP contribution is -2.49. The van der Waals surface area contributed by atoms with Crippen molar-refractivity contribution >= 4 is 15.7 Å². The number of sulfonamides is 1. The third-order valence-corrected chi connectivity index (χ3v) is 6.92. The molecule has 0 spiro atoms. The van der Waals surface area contributed by atoms with Crippen LogP contribution in [0.5, 0.6) is 0 Å². The fraction of sp³-hybridized carbons (Fsp3) is 0.273. The molecule has 31 heavy (non-hydrogen) atoms. The minimum atomic E-state index is -3.37. The van der Waals surface area contributed by atoms with Gasteiger partial charge in [-0.1, -0.05) is 17.0 Å². The van der Waals surface area contributed by atoms with Crippen molar-refractivity contribution in [2.24, 2.45) is 0 Å². The first-order chi connectivity index (χ1) is 15.0. The van der Waals surface area contributed by atoms with E-state index in [1.807, 2.05) is 24.3 Å². The first kappa shape index (κ1) is 21.0. The molecule has 1 aliphatic rings. The maximum atomic E-state index is 13.1. The summed E-state index contributed by atoms with van der Waals surface area (Å²) in [6, 6.07) is 13.6. The highest BCUT2D eigenvalue weighted by Crippen LogP contribution is 2.18. The van der Waals surface area contributed by atoms with Gasteiger partial charge in [0.2, 0.25) is 22.2 Å². The summed E-state index contributed by atoms with van der Waals surface area (Å²) in [5.74, 6) is 6.13. The van der Waals surface area contributed by atoms with E-state index in [2.05, 4.69) is 26.9 Å². The van der Waals surface area contributed by atoms with E-state index in [-0.39, 0.29) is 18.0 Å². The average Bonchev–Trinajstić information content (AvgIpc) is 3.33. The van der Waals surface area contributed by atoms with Gasteiger partial charge >= 0.3 is 0 Å². The molecule has 1 saturated heterocycles. The summed E-state index contributed by atoms with van der Waals surface area (Å²) in [6.45, 7) is 1.96. The van der Waals surface area contributed by atoms with Gasteiger partial charge < -0.3 is 9.42 Å². The van der Waals surface area contributed by atoms with Crippen LogP contribution in [-0.4, -0.2) is 54.8 Å². The number of piperazine rings is 1. The van der Waals surface area contributed by atoms with Crippen molar-refractivity contribution in [1.29, 1.82) is 0 Å². The number of aromatic nitrogens is 2. The number of halogens is 1. The minimum Gasteiger partial charge on any atom is -0.369 e. The molecule has 0 radical (unpaired) electrons. The molecule has 0 bridgehead atoms. The molecule has 0 amide bonds.